The van der Waals surface area contributed by atoms with Crippen LogP contribution in [0.25, 0.3) is 0 Å². The molecule has 1 aromatic heterocycles. The number of aromatic nitrogens is 2. The highest BCUT2D eigenvalue weighted by molar-refractivity contribution is 7.91. The first-order valence-corrected chi connectivity index (χ1v) is 9.18. The highest BCUT2D eigenvalue weighted by Crippen LogP contribution is 2.25. The largest absolute Gasteiger partial charge is 0.342 e. The van der Waals surface area contributed by atoms with Crippen molar-refractivity contribution in [2.24, 2.45) is 0 Å². The lowest BCUT2D eigenvalue weighted by atomic mass is 10.2. The summed E-state index contributed by atoms with van der Waals surface area (Å²) < 4.78 is 24.9. The monoisotopic (exact) mass is 313 g/mol. The molecule has 21 heavy (non-hydrogen) atoms. The highest BCUT2D eigenvalue weighted by Gasteiger charge is 2.31. The number of rotatable bonds is 5. The predicted octanol–water partition coefficient (Wildman–Crippen LogP) is 1.42. The van der Waals surface area contributed by atoms with E-state index in [2.05, 4.69) is 12.0 Å². The summed E-state index contributed by atoms with van der Waals surface area (Å²) in [7, 11) is -1.17. The molecule has 1 fully saturated rings. The van der Waals surface area contributed by atoms with E-state index in [0.29, 0.717) is 12.0 Å². The number of carbonyl (C=O) groups excluding carboxylic acids is 1. The molecule has 0 saturated carbocycles. The number of amides is 1. The molecule has 1 aliphatic rings. The molecule has 1 amide bonds. The van der Waals surface area contributed by atoms with Crippen molar-refractivity contribution in [2.75, 3.05) is 25.1 Å². The molecule has 0 spiro atoms. The van der Waals surface area contributed by atoms with Crippen molar-refractivity contribution in [1.82, 2.24) is 14.7 Å². The lowest BCUT2D eigenvalue weighted by molar-refractivity contribution is 0.0792. The lowest BCUT2D eigenvalue weighted by Gasteiger charge is -2.17. The van der Waals surface area contributed by atoms with Crippen molar-refractivity contribution >= 4 is 15.7 Å². The van der Waals surface area contributed by atoms with E-state index in [0.717, 1.165) is 25.1 Å². The van der Waals surface area contributed by atoms with Gasteiger partial charge in [0.2, 0.25) is 0 Å². The van der Waals surface area contributed by atoms with Crippen LogP contribution in [0.2, 0.25) is 0 Å². The molecule has 6 nitrogen and oxygen atoms in total. The second-order valence-corrected chi connectivity index (χ2v) is 7.95. The molecule has 1 aromatic rings. The zero-order valence-electron chi connectivity index (χ0n) is 12.9. The second-order valence-electron chi connectivity index (χ2n) is 5.73. The standard InChI is InChI=1S/C14H23N3O3S/c1-4-5-7-16(3)14(18)13-9-15-17(11(13)2)12-6-8-21(19,20)10-12/h9,12H,4-8,10H2,1-3H3. The summed E-state index contributed by atoms with van der Waals surface area (Å²) in [4.78, 5) is 14.1. The number of hydrogen-bond donors (Lipinski definition) is 0. The first-order valence-electron chi connectivity index (χ1n) is 7.35. The van der Waals surface area contributed by atoms with Crippen LogP contribution in [-0.2, 0) is 9.84 Å². The van der Waals surface area contributed by atoms with Gasteiger partial charge in [-0.2, -0.15) is 5.10 Å². The van der Waals surface area contributed by atoms with Crippen LogP contribution in [0.5, 0.6) is 0 Å². The molecule has 0 aromatic carbocycles. The van der Waals surface area contributed by atoms with Crippen LogP contribution in [0.1, 0.15) is 48.3 Å². The fourth-order valence-electron chi connectivity index (χ4n) is 2.67. The quantitative estimate of drug-likeness (QED) is 0.824. The van der Waals surface area contributed by atoms with Gasteiger partial charge in [-0.3, -0.25) is 9.48 Å². The number of hydrogen-bond acceptors (Lipinski definition) is 4. The van der Waals surface area contributed by atoms with Crippen LogP contribution in [0.15, 0.2) is 6.20 Å². The Labute approximate surface area is 126 Å². The minimum atomic E-state index is -2.96. The van der Waals surface area contributed by atoms with Gasteiger partial charge in [0.05, 0.1) is 29.3 Å². The fourth-order valence-corrected chi connectivity index (χ4v) is 4.36. The maximum absolute atomic E-state index is 12.4. The van der Waals surface area contributed by atoms with E-state index in [9.17, 15) is 13.2 Å². The molecular formula is C14H23N3O3S. The zero-order chi connectivity index (χ0) is 15.6. The molecule has 7 heteroatoms. The molecule has 0 bridgehead atoms. The highest BCUT2D eigenvalue weighted by atomic mass is 32.2. The van der Waals surface area contributed by atoms with Crippen molar-refractivity contribution < 1.29 is 13.2 Å². The van der Waals surface area contributed by atoms with Gasteiger partial charge in [-0.25, -0.2) is 8.42 Å². The van der Waals surface area contributed by atoms with Gasteiger partial charge >= 0.3 is 0 Å². The summed E-state index contributed by atoms with van der Waals surface area (Å²) in [5.74, 6) is 0.277. The minimum Gasteiger partial charge on any atom is -0.342 e. The van der Waals surface area contributed by atoms with Crippen LogP contribution in [0.4, 0.5) is 0 Å². The first kappa shape index (κ1) is 16.0. The molecule has 118 valence electrons. The van der Waals surface area contributed by atoms with Crippen molar-refractivity contribution in [3.63, 3.8) is 0 Å². The third kappa shape index (κ3) is 3.45. The Morgan fingerprint density at radius 1 is 1.52 bits per heavy atom. The smallest absolute Gasteiger partial charge is 0.257 e. The van der Waals surface area contributed by atoms with Gasteiger partial charge in [0.25, 0.3) is 5.91 Å². The van der Waals surface area contributed by atoms with Crippen LogP contribution in [0, 0.1) is 6.92 Å². The molecule has 0 radical (unpaired) electrons. The Hall–Kier alpha value is -1.37. The molecule has 2 rings (SSSR count). The third-order valence-corrected chi connectivity index (χ3v) is 5.77. The van der Waals surface area contributed by atoms with Gasteiger partial charge in [-0.15, -0.1) is 0 Å². The van der Waals surface area contributed by atoms with E-state index in [-0.39, 0.29) is 23.5 Å². The molecule has 1 atom stereocenters. The van der Waals surface area contributed by atoms with Crippen molar-refractivity contribution in [3.05, 3.63) is 17.5 Å². The summed E-state index contributed by atoms with van der Waals surface area (Å²) in [6.45, 7) is 4.64. The SMILES string of the molecule is CCCCN(C)C(=O)c1cnn(C2CCS(=O)(=O)C2)c1C. The first-order chi connectivity index (χ1) is 9.85. The minimum absolute atomic E-state index is 0.0481. The molecule has 2 heterocycles. The molecular weight excluding hydrogens is 290 g/mol. The summed E-state index contributed by atoms with van der Waals surface area (Å²) in [6.07, 6.45) is 4.14. The average Bonchev–Trinajstić information content (AvgIpc) is 2.97. The van der Waals surface area contributed by atoms with Crippen molar-refractivity contribution in [1.29, 1.82) is 0 Å². The topological polar surface area (TPSA) is 72.3 Å². The van der Waals surface area contributed by atoms with Crippen LogP contribution in [0.3, 0.4) is 0 Å². The van der Waals surface area contributed by atoms with Gasteiger partial charge in [-0.1, -0.05) is 13.3 Å². The van der Waals surface area contributed by atoms with Gasteiger partial charge in [0, 0.05) is 19.3 Å². The lowest BCUT2D eigenvalue weighted by Crippen LogP contribution is -2.28. The maximum Gasteiger partial charge on any atom is 0.257 e. The number of unbranched alkanes of at least 4 members (excludes halogenated alkanes) is 1. The van der Waals surface area contributed by atoms with E-state index in [1.165, 1.54) is 0 Å². The zero-order valence-corrected chi connectivity index (χ0v) is 13.7. The van der Waals surface area contributed by atoms with Gasteiger partial charge < -0.3 is 4.90 Å². The summed E-state index contributed by atoms with van der Waals surface area (Å²) in [6, 6.07) is -0.141. The Morgan fingerprint density at radius 2 is 2.24 bits per heavy atom. The van der Waals surface area contributed by atoms with Crippen molar-refractivity contribution in [2.45, 2.75) is 39.2 Å². The van der Waals surface area contributed by atoms with Crippen LogP contribution >= 0.6 is 0 Å². The third-order valence-electron chi connectivity index (χ3n) is 4.02. The predicted molar refractivity (Wildman–Crippen MR) is 81.1 cm³/mol. The molecule has 0 N–H and O–H groups in total. The Kier molecular flexibility index (Phi) is 4.70. The number of carbonyl (C=O) groups is 1. The van der Waals surface area contributed by atoms with E-state index in [4.69, 9.17) is 0 Å². The van der Waals surface area contributed by atoms with Gasteiger partial charge in [0.15, 0.2) is 9.84 Å². The Balaban J connectivity index is 2.15. The maximum atomic E-state index is 12.4. The molecule has 0 aliphatic carbocycles. The number of sulfone groups is 1. The summed E-state index contributed by atoms with van der Waals surface area (Å²) in [5, 5.41) is 4.25. The number of nitrogens with zero attached hydrogens (tertiary/aromatic N) is 3. The van der Waals surface area contributed by atoms with Crippen LogP contribution < -0.4 is 0 Å². The fraction of sp³-hybridized carbons (Fsp3) is 0.714. The Morgan fingerprint density at radius 3 is 2.81 bits per heavy atom. The van der Waals surface area contributed by atoms with Crippen LogP contribution in [-0.4, -0.2) is 54.1 Å². The second kappa shape index (κ2) is 6.17. The average molecular weight is 313 g/mol. The van der Waals surface area contributed by atoms with Gasteiger partial charge in [-0.05, 0) is 19.8 Å². The van der Waals surface area contributed by atoms with E-state index >= 15 is 0 Å². The van der Waals surface area contributed by atoms with E-state index in [1.54, 1.807) is 22.8 Å². The van der Waals surface area contributed by atoms with Gasteiger partial charge in [0.1, 0.15) is 0 Å². The Bertz CT molecular complexity index is 621. The molecule has 1 aliphatic heterocycles. The summed E-state index contributed by atoms with van der Waals surface area (Å²) in [5.41, 5.74) is 1.32. The summed E-state index contributed by atoms with van der Waals surface area (Å²) >= 11 is 0. The normalized spacial score (nSPS) is 20.6. The van der Waals surface area contributed by atoms with E-state index < -0.39 is 9.84 Å². The van der Waals surface area contributed by atoms with Crippen molar-refractivity contribution in [3.8, 4) is 0 Å². The molecule has 1 unspecified atom stereocenters. The molecule has 1 saturated heterocycles. The van der Waals surface area contributed by atoms with E-state index in [1.807, 2.05) is 6.92 Å².